The van der Waals surface area contributed by atoms with Crippen molar-refractivity contribution in [2.24, 2.45) is 0 Å². The number of fused-ring (bicyclic) bond motifs is 1. The molecule has 4 aromatic rings. The van der Waals surface area contributed by atoms with Crippen LogP contribution in [0.4, 0.5) is 11.6 Å². The Bertz CT molecular complexity index is 1300. The molecule has 1 amide bonds. The van der Waals surface area contributed by atoms with E-state index in [4.69, 9.17) is 4.74 Å². The van der Waals surface area contributed by atoms with Crippen LogP contribution >= 0.6 is 0 Å². The SMILES string of the molecule is CC1=C(C(=O)Nc2ccccc2)[C@H](c2ccccc2OCc2ccccc2)n2ncnc2N1. The highest BCUT2D eigenvalue weighted by atomic mass is 16.5. The lowest BCUT2D eigenvalue weighted by atomic mass is 9.94. The maximum atomic E-state index is 13.5. The normalized spacial score (nSPS) is 14.9. The van der Waals surface area contributed by atoms with Gasteiger partial charge in [0.1, 0.15) is 24.7 Å². The summed E-state index contributed by atoms with van der Waals surface area (Å²) in [5, 5.41) is 10.6. The van der Waals surface area contributed by atoms with Gasteiger partial charge in [0.15, 0.2) is 0 Å². The summed E-state index contributed by atoms with van der Waals surface area (Å²) in [6, 6.07) is 26.6. The predicted molar refractivity (Wildman–Crippen MR) is 127 cm³/mol. The molecule has 1 aliphatic heterocycles. The van der Waals surface area contributed by atoms with Crippen LogP contribution in [0.3, 0.4) is 0 Å². The van der Waals surface area contributed by atoms with E-state index in [0.717, 1.165) is 16.8 Å². The molecule has 2 heterocycles. The lowest BCUT2D eigenvalue weighted by Gasteiger charge is -2.29. The van der Waals surface area contributed by atoms with E-state index < -0.39 is 6.04 Å². The van der Waals surface area contributed by atoms with Gasteiger partial charge in [-0.05, 0) is 30.7 Å². The van der Waals surface area contributed by atoms with Crippen molar-refractivity contribution >= 4 is 17.5 Å². The molecule has 1 aromatic heterocycles. The van der Waals surface area contributed by atoms with Crippen LogP contribution in [-0.4, -0.2) is 20.7 Å². The summed E-state index contributed by atoms with van der Waals surface area (Å²) in [5.41, 5.74) is 3.88. The number of hydrogen-bond acceptors (Lipinski definition) is 5. The first-order valence-corrected chi connectivity index (χ1v) is 10.7. The molecule has 3 aromatic carbocycles. The van der Waals surface area contributed by atoms with Gasteiger partial charge in [0.2, 0.25) is 5.95 Å². The summed E-state index contributed by atoms with van der Waals surface area (Å²) in [7, 11) is 0. The molecule has 0 aliphatic carbocycles. The van der Waals surface area contributed by atoms with Crippen LogP contribution in [0.25, 0.3) is 0 Å². The van der Waals surface area contributed by atoms with Crippen molar-refractivity contribution in [3.05, 3.63) is 114 Å². The second kappa shape index (κ2) is 9.00. The van der Waals surface area contributed by atoms with Gasteiger partial charge in [0, 0.05) is 16.9 Å². The van der Waals surface area contributed by atoms with Crippen molar-refractivity contribution in [3.63, 3.8) is 0 Å². The molecule has 0 saturated heterocycles. The molecule has 2 N–H and O–H groups in total. The molecule has 164 valence electrons. The Morgan fingerprint density at radius 3 is 2.48 bits per heavy atom. The number of ether oxygens (including phenoxy) is 1. The molecule has 0 radical (unpaired) electrons. The van der Waals surface area contributed by atoms with E-state index in [1.807, 2.05) is 91.9 Å². The monoisotopic (exact) mass is 437 g/mol. The molecule has 0 unspecified atom stereocenters. The van der Waals surface area contributed by atoms with E-state index in [9.17, 15) is 4.79 Å². The molecule has 0 bridgehead atoms. The molecule has 33 heavy (non-hydrogen) atoms. The lowest BCUT2D eigenvalue weighted by molar-refractivity contribution is -0.113. The number of amides is 1. The highest BCUT2D eigenvalue weighted by Gasteiger charge is 2.35. The Kier molecular flexibility index (Phi) is 5.59. The topological polar surface area (TPSA) is 81.1 Å². The van der Waals surface area contributed by atoms with Gasteiger partial charge in [-0.2, -0.15) is 10.1 Å². The van der Waals surface area contributed by atoms with E-state index in [1.165, 1.54) is 6.33 Å². The molecule has 0 saturated carbocycles. The second-order valence-corrected chi connectivity index (χ2v) is 7.73. The van der Waals surface area contributed by atoms with E-state index in [0.29, 0.717) is 29.6 Å². The van der Waals surface area contributed by atoms with Crippen LogP contribution in [0.5, 0.6) is 5.75 Å². The van der Waals surface area contributed by atoms with Crippen molar-refractivity contribution < 1.29 is 9.53 Å². The first kappa shape index (κ1) is 20.5. The van der Waals surface area contributed by atoms with Gasteiger partial charge < -0.3 is 15.4 Å². The smallest absolute Gasteiger partial charge is 0.255 e. The third-order valence-corrected chi connectivity index (χ3v) is 5.52. The fraction of sp³-hybridized carbons (Fsp3) is 0.115. The highest BCUT2D eigenvalue weighted by molar-refractivity contribution is 6.06. The molecular weight excluding hydrogens is 414 g/mol. The van der Waals surface area contributed by atoms with Gasteiger partial charge in [-0.25, -0.2) is 4.68 Å². The number of para-hydroxylation sites is 2. The number of allylic oxidation sites excluding steroid dienone is 1. The number of nitrogens with zero attached hydrogens (tertiary/aromatic N) is 3. The quantitative estimate of drug-likeness (QED) is 0.454. The Morgan fingerprint density at radius 1 is 1.00 bits per heavy atom. The number of benzene rings is 3. The predicted octanol–water partition coefficient (Wildman–Crippen LogP) is 4.78. The summed E-state index contributed by atoms with van der Waals surface area (Å²) in [5.74, 6) is 1.05. The number of nitrogens with one attached hydrogen (secondary N) is 2. The number of hydrogen-bond donors (Lipinski definition) is 2. The largest absolute Gasteiger partial charge is 0.489 e. The molecular formula is C26H23N5O2. The van der Waals surface area contributed by atoms with Crippen molar-refractivity contribution in [1.29, 1.82) is 0 Å². The third kappa shape index (κ3) is 4.21. The van der Waals surface area contributed by atoms with Gasteiger partial charge >= 0.3 is 0 Å². The maximum Gasteiger partial charge on any atom is 0.255 e. The molecule has 7 heteroatoms. The number of rotatable bonds is 6. The maximum absolute atomic E-state index is 13.5. The standard InChI is InChI=1S/C26H23N5O2/c1-18-23(25(32)30-20-12-6-3-7-13-20)24(31-26(29-18)27-17-28-31)21-14-8-9-15-22(21)33-16-19-10-4-2-5-11-19/h2-15,17,24H,16H2,1H3,(H,30,32)(H,27,28,29)/t24-/m0/s1. The minimum Gasteiger partial charge on any atom is -0.489 e. The average molecular weight is 438 g/mol. The second-order valence-electron chi connectivity index (χ2n) is 7.73. The van der Waals surface area contributed by atoms with Crippen LogP contribution in [0.1, 0.15) is 24.1 Å². The van der Waals surface area contributed by atoms with E-state index in [2.05, 4.69) is 20.7 Å². The minimum atomic E-state index is -0.501. The summed E-state index contributed by atoms with van der Waals surface area (Å²) < 4.78 is 7.93. The Morgan fingerprint density at radius 2 is 1.70 bits per heavy atom. The molecule has 1 aliphatic rings. The van der Waals surface area contributed by atoms with Gasteiger partial charge in [-0.3, -0.25) is 4.79 Å². The van der Waals surface area contributed by atoms with Gasteiger partial charge in [0.25, 0.3) is 5.91 Å². The summed E-state index contributed by atoms with van der Waals surface area (Å²) in [6.07, 6.45) is 1.48. The van der Waals surface area contributed by atoms with Crippen molar-refractivity contribution in [2.45, 2.75) is 19.6 Å². The van der Waals surface area contributed by atoms with E-state index in [-0.39, 0.29) is 5.91 Å². The average Bonchev–Trinajstić information content (AvgIpc) is 3.31. The third-order valence-electron chi connectivity index (χ3n) is 5.52. The van der Waals surface area contributed by atoms with Crippen LogP contribution in [-0.2, 0) is 11.4 Å². The van der Waals surface area contributed by atoms with Crippen LogP contribution in [0, 0.1) is 0 Å². The van der Waals surface area contributed by atoms with Gasteiger partial charge in [-0.1, -0.05) is 66.7 Å². The van der Waals surface area contributed by atoms with Crippen LogP contribution in [0.15, 0.2) is 103 Å². The molecule has 0 spiro atoms. The fourth-order valence-corrected chi connectivity index (χ4v) is 3.97. The summed E-state index contributed by atoms with van der Waals surface area (Å²) >= 11 is 0. The summed E-state index contributed by atoms with van der Waals surface area (Å²) in [4.78, 5) is 17.8. The zero-order valence-corrected chi connectivity index (χ0v) is 18.1. The van der Waals surface area contributed by atoms with Gasteiger partial charge in [-0.15, -0.1) is 0 Å². The summed E-state index contributed by atoms with van der Waals surface area (Å²) in [6.45, 7) is 2.29. The minimum absolute atomic E-state index is 0.213. The van der Waals surface area contributed by atoms with Crippen molar-refractivity contribution in [3.8, 4) is 5.75 Å². The van der Waals surface area contributed by atoms with Crippen LogP contribution < -0.4 is 15.4 Å². The highest BCUT2D eigenvalue weighted by Crippen LogP contribution is 2.39. The molecule has 1 atom stereocenters. The van der Waals surface area contributed by atoms with E-state index in [1.54, 1.807) is 4.68 Å². The Balaban J connectivity index is 1.53. The number of anilines is 2. The molecule has 0 fully saturated rings. The van der Waals surface area contributed by atoms with Crippen molar-refractivity contribution in [2.75, 3.05) is 10.6 Å². The van der Waals surface area contributed by atoms with Crippen LogP contribution in [0.2, 0.25) is 0 Å². The first-order valence-electron chi connectivity index (χ1n) is 10.7. The molecule has 5 rings (SSSR count). The van der Waals surface area contributed by atoms with E-state index >= 15 is 0 Å². The number of carbonyl (C=O) groups is 1. The zero-order chi connectivity index (χ0) is 22.6. The van der Waals surface area contributed by atoms with Gasteiger partial charge in [0.05, 0.1) is 5.57 Å². The lowest BCUT2D eigenvalue weighted by Crippen LogP contribution is -2.31. The zero-order valence-electron chi connectivity index (χ0n) is 18.1. The number of carbonyl (C=O) groups excluding carboxylic acids is 1. The Labute approximate surface area is 191 Å². The number of aromatic nitrogens is 3. The molecule has 7 nitrogen and oxygen atoms in total. The first-order chi connectivity index (χ1) is 16.2. The fourth-order valence-electron chi connectivity index (χ4n) is 3.97. The Hall–Kier alpha value is -4.39. The van der Waals surface area contributed by atoms with Crippen molar-refractivity contribution in [1.82, 2.24) is 14.8 Å².